The van der Waals surface area contributed by atoms with Crippen LogP contribution in [0.5, 0.6) is 0 Å². The third-order valence-electron chi connectivity index (χ3n) is 3.76. The van der Waals surface area contributed by atoms with Crippen molar-refractivity contribution < 1.29 is 14.3 Å². The molecule has 1 N–H and O–H groups in total. The molecule has 1 unspecified atom stereocenters. The zero-order valence-corrected chi connectivity index (χ0v) is 10.7. The van der Waals surface area contributed by atoms with Crippen LogP contribution in [0.2, 0.25) is 0 Å². The van der Waals surface area contributed by atoms with Gasteiger partial charge in [0.25, 0.3) is 0 Å². The monoisotopic (exact) mass is 259 g/mol. The average Bonchev–Trinajstić information content (AvgIpc) is 3.03. The van der Waals surface area contributed by atoms with Crippen LogP contribution in [0.1, 0.15) is 23.4 Å². The number of ketones is 1. The molecule has 3 rings (SSSR count). The molecule has 4 nitrogen and oxygen atoms in total. The van der Waals surface area contributed by atoms with Crippen molar-refractivity contribution in [2.45, 2.75) is 18.9 Å². The summed E-state index contributed by atoms with van der Waals surface area (Å²) in [7, 11) is 0. The van der Waals surface area contributed by atoms with Crippen molar-refractivity contribution in [1.82, 2.24) is 4.90 Å². The molecule has 1 fully saturated rings. The topological polar surface area (TPSA) is 53.7 Å². The molecule has 1 aromatic heterocycles. The number of fused-ring (bicyclic) bond motifs is 1. The van der Waals surface area contributed by atoms with Gasteiger partial charge in [-0.2, -0.15) is 0 Å². The van der Waals surface area contributed by atoms with Crippen molar-refractivity contribution >= 4 is 16.8 Å². The van der Waals surface area contributed by atoms with Gasteiger partial charge in [0.05, 0.1) is 13.2 Å². The van der Waals surface area contributed by atoms with Gasteiger partial charge < -0.3 is 9.52 Å². The number of hydrogen-bond acceptors (Lipinski definition) is 4. The van der Waals surface area contributed by atoms with Gasteiger partial charge in [-0.3, -0.25) is 9.69 Å². The molecule has 100 valence electrons. The van der Waals surface area contributed by atoms with Gasteiger partial charge in [0.1, 0.15) is 5.58 Å². The SMILES string of the molecule is O=C(CN1CCCC1CO)c1cc2ccccc2o1. The second kappa shape index (κ2) is 5.15. The van der Waals surface area contributed by atoms with Crippen molar-refractivity contribution in [2.75, 3.05) is 19.7 Å². The van der Waals surface area contributed by atoms with Crippen LogP contribution in [0.15, 0.2) is 34.7 Å². The highest BCUT2D eigenvalue weighted by Crippen LogP contribution is 2.21. The maximum Gasteiger partial charge on any atom is 0.211 e. The number of Topliss-reactive ketones (excluding diaryl/α,β-unsaturated/α-hetero) is 1. The number of furan rings is 1. The number of carbonyl (C=O) groups excluding carboxylic acids is 1. The van der Waals surface area contributed by atoms with E-state index in [1.54, 1.807) is 6.07 Å². The number of para-hydroxylation sites is 1. The fraction of sp³-hybridized carbons (Fsp3) is 0.400. The number of aliphatic hydroxyl groups is 1. The van der Waals surface area contributed by atoms with Crippen LogP contribution in [0.3, 0.4) is 0 Å². The lowest BCUT2D eigenvalue weighted by Crippen LogP contribution is -2.36. The Labute approximate surface area is 111 Å². The summed E-state index contributed by atoms with van der Waals surface area (Å²) in [5.41, 5.74) is 0.742. The summed E-state index contributed by atoms with van der Waals surface area (Å²) < 4.78 is 5.57. The minimum absolute atomic E-state index is 0.0171. The lowest BCUT2D eigenvalue weighted by molar-refractivity contribution is 0.0863. The Bertz CT molecular complexity index is 557. The maximum atomic E-state index is 12.2. The number of aliphatic hydroxyl groups excluding tert-OH is 1. The van der Waals surface area contributed by atoms with E-state index in [1.165, 1.54) is 0 Å². The highest BCUT2D eigenvalue weighted by Gasteiger charge is 2.26. The quantitative estimate of drug-likeness (QED) is 0.854. The second-order valence-corrected chi connectivity index (χ2v) is 5.02. The second-order valence-electron chi connectivity index (χ2n) is 5.02. The van der Waals surface area contributed by atoms with Crippen LogP contribution in [0.4, 0.5) is 0 Å². The van der Waals surface area contributed by atoms with Gasteiger partial charge in [-0.1, -0.05) is 18.2 Å². The summed E-state index contributed by atoms with van der Waals surface area (Å²) >= 11 is 0. The van der Waals surface area contributed by atoms with Gasteiger partial charge in [0.15, 0.2) is 5.76 Å². The number of rotatable bonds is 4. The van der Waals surface area contributed by atoms with Gasteiger partial charge in [-0.05, 0) is 31.5 Å². The Balaban J connectivity index is 1.76. The maximum absolute atomic E-state index is 12.2. The van der Waals surface area contributed by atoms with E-state index in [9.17, 15) is 9.90 Å². The molecular weight excluding hydrogens is 242 g/mol. The third kappa shape index (κ3) is 2.41. The van der Waals surface area contributed by atoms with Crippen LogP contribution in [0.25, 0.3) is 11.0 Å². The highest BCUT2D eigenvalue weighted by molar-refractivity contribution is 5.98. The summed E-state index contributed by atoms with van der Waals surface area (Å²) in [4.78, 5) is 14.3. The minimum atomic E-state index is -0.0171. The van der Waals surface area contributed by atoms with Crippen molar-refractivity contribution in [3.63, 3.8) is 0 Å². The first kappa shape index (κ1) is 12.4. The van der Waals surface area contributed by atoms with Gasteiger partial charge in [-0.25, -0.2) is 0 Å². The molecule has 0 radical (unpaired) electrons. The predicted octanol–water partition coefficient (Wildman–Crippen LogP) is 2.07. The Morgan fingerprint density at radius 3 is 3.05 bits per heavy atom. The molecule has 1 aliphatic rings. The van der Waals surface area contributed by atoms with E-state index in [1.807, 2.05) is 29.2 Å². The lowest BCUT2D eigenvalue weighted by atomic mass is 10.2. The Hall–Kier alpha value is -1.65. The van der Waals surface area contributed by atoms with Crippen LogP contribution in [-0.4, -0.2) is 41.5 Å². The summed E-state index contributed by atoms with van der Waals surface area (Å²) in [6.07, 6.45) is 2.00. The third-order valence-corrected chi connectivity index (χ3v) is 3.76. The number of nitrogens with zero attached hydrogens (tertiary/aromatic N) is 1. The standard InChI is InChI=1S/C15H17NO3/c17-10-12-5-3-7-16(12)9-13(18)15-8-11-4-1-2-6-14(11)19-15/h1-2,4,6,8,12,17H,3,5,7,9-10H2. The summed E-state index contributed by atoms with van der Waals surface area (Å²) in [5, 5.41) is 10.2. The van der Waals surface area contributed by atoms with E-state index in [-0.39, 0.29) is 18.4 Å². The summed E-state index contributed by atoms with van der Waals surface area (Å²) in [5.74, 6) is 0.390. The van der Waals surface area contributed by atoms with E-state index in [0.29, 0.717) is 12.3 Å². The first-order chi connectivity index (χ1) is 9.28. The van der Waals surface area contributed by atoms with Crippen molar-refractivity contribution in [1.29, 1.82) is 0 Å². The first-order valence-corrected chi connectivity index (χ1v) is 6.64. The molecule has 0 aliphatic carbocycles. The molecule has 1 saturated heterocycles. The summed E-state index contributed by atoms with van der Waals surface area (Å²) in [6, 6.07) is 9.52. The number of hydrogen-bond donors (Lipinski definition) is 1. The van der Waals surface area contributed by atoms with Gasteiger partial charge in [-0.15, -0.1) is 0 Å². The van der Waals surface area contributed by atoms with E-state index in [2.05, 4.69) is 0 Å². The molecule has 2 heterocycles. The zero-order chi connectivity index (χ0) is 13.2. The molecule has 1 aromatic carbocycles. The largest absolute Gasteiger partial charge is 0.453 e. The van der Waals surface area contributed by atoms with E-state index >= 15 is 0 Å². The first-order valence-electron chi connectivity index (χ1n) is 6.64. The molecule has 1 atom stereocenters. The molecule has 19 heavy (non-hydrogen) atoms. The lowest BCUT2D eigenvalue weighted by Gasteiger charge is -2.20. The molecule has 1 aliphatic heterocycles. The van der Waals surface area contributed by atoms with Gasteiger partial charge in [0.2, 0.25) is 5.78 Å². The van der Waals surface area contributed by atoms with Crippen LogP contribution in [-0.2, 0) is 0 Å². The van der Waals surface area contributed by atoms with Crippen molar-refractivity contribution in [2.24, 2.45) is 0 Å². The van der Waals surface area contributed by atoms with E-state index in [0.717, 1.165) is 30.4 Å². The molecule has 2 aromatic rings. The van der Waals surface area contributed by atoms with Crippen LogP contribution >= 0.6 is 0 Å². The zero-order valence-electron chi connectivity index (χ0n) is 10.7. The molecular formula is C15H17NO3. The molecule has 0 bridgehead atoms. The number of likely N-dealkylation sites (tertiary alicyclic amines) is 1. The minimum Gasteiger partial charge on any atom is -0.453 e. The number of carbonyl (C=O) groups is 1. The summed E-state index contributed by atoms with van der Waals surface area (Å²) in [6.45, 7) is 1.32. The van der Waals surface area contributed by atoms with Crippen LogP contribution in [0, 0.1) is 0 Å². The van der Waals surface area contributed by atoms with E-state index in [4.69, 9.17) is 4.42 Å². The smallest absolute Gasteiger partial charge is 0.211 e. The Morgan fingerprint density at radius 2 is 2.26 bits per heavy atom. The van der Waals surface area contributed by atoms with Crippen molar-refractivity contribution in [3.8, 4) is 0 Å². The molecule has 0 spiro atoms. The Morgan fingerprint density at radius 1 is 1.42 bits per heavy atom. The predicted molar refractivity (Wildman–Crippen MR) is 72.2 cm³/mol. The van der Waals surface area contributed by atoms with Crippen LogP contribution < -0.4 is 0 Å². The fourth-order valence-electron chi connectivity index (χ4n) is 2.69. The van der Waals surface area contributed by atoms with E-state index < -0.39 is 0 Å². The molecule has 4 heteroatoms. The molecule has 0 amide bonds. The fourth-order valence-corrected chi connectivity index (χ4v) is 2.69. The highest BCUT2D eigenvalue weighted by atomic mass is 16.3. The average molecular weight is 259 g/mol. The Kier molecular flexibility index (Phi) is 3.36. The van der Waals surface area contributed by atoms with Gasteiger partial charge in [0, 0.05) is 11.4 Å². The molecule has 0 saturated carbocycles. The van der Waals surface area contributed by atoms with Crippen molar-refractivity contribution in [3.05, 3.63) is 36.1 Å². The normalized spacial score (nSPS) is 20.2. The number of benzene rings is 1. The van der Waals surface area contributed by atoms with Gasteiger partial charge >= 0.3 is 0 Å².